The summed E-state index contributed by atoms with van der Waals surface area (Å²) in [7, 11) is 0. The molecular weight excluding hydrogens is 210 g/mol. The zero-order valence-electron chi connectivity index (χ0n) is 9.22. The van der Waals surface area contributed by atoms with Crippen molar-refractivity contribution < 1.29 is 19.8 Å². The molecule has 16 heavy (non-hydrogen) atoms. The summed E-state index contributed by atoms with van der Waals surface area (Å²) < 4.78 is 0. The molecule has 0 aromatic rings. The van der Waals surface area contributed by atoms with Crippen molar-refractivity contribution in [3.8, 4) is 0 Å². The van der Waals surface area contributed by atoms with E-state index in [-0.39, 0.29) is 11.8 Å². The first-order valence-electron chi connectivity index (χ1n) is 5.68. The van der Waals surface area contributed by atoms with Gasteiger partial charge in [0.25, 0.3) is 0 Å². The Morgan fingerprint density at radius 3 is 2.44 bits per heavy atom. The van der Waals surface area contributed by atoms with Crippen LogP contribution >= 0.6 is 0 Å². The van der Waals surface area contributed by atoms with Gasteiger partial charge in [-0.25, -0.2) is 0 Å². The standard InChI is InChI=1S/C11H17NO4/c1-2-5-3-6-4-7(5)8(9(13)14)11(6,12)10(15)16/h5-8H,2-4,12H2,1H3,(H,13,14)(H,15,16)/t5-,6-,7-,8-,11-/m0/s1. The number of fused-ring (bicyclic) bond motifs is 2. The van der Waals surface area contributed by atoms with Crippen LogP contribution in [-0.4, -0.2) is 27.7 Å². The molecular formula is C11H17NO4. The molecule has 2 rings (SSSR count). The average Bonchev–Trinajstić information content (AvgIpc) is 2.72. The third-order valence-corrected chi connectivity index (χ3v) is 4.53. The van der Waals surface area contributed by atoms with E-state index in [9.17, 15) is 19.8 Å². The Labute approximate surface area is 93.6 Å². The summed E-state index contributed by atoms with van der Waals surface area (Å²) in [5, 5.41) is 18.4. The van der Waals surface area contributed by atoms with E-state index < -0.39 is 23.4 Å². The van der Waals surface area contributed by atoms with Crippen LogP contribution in [0.5, 0.6) is 0 Å². The molecule has 5 atom stereocenters. The maximum atomic E-state index is 11.2. The van der Waals surface area contributed by atoms with E-state index >= 15 is 0 Å². The highest BCUT2D eigenvalue weighted by atomic mass is 16.4. The number of aliphatic carboxylic acids is 2. The molecule has 0 aromatic heterocycles. The van der Waals surface area contributed by atoms with Crippen molar-refractivity contribution in [1.29, 1.82) is 0 Å². The van der Waals surface area contributed by atoms with Gasteiger partial charge in [0.15, 0.2) is 0 Å². The van der Waals surface area contributed by atoms with Crippen LogP contribution in [-0.2, 0) is 9.59 Å². The number of carboxylic acids is 2. The van der Waals surface area contributed by atoms with E-state index in [0.717, 1.165) is 12.8 Å². The van der Waals surface area contributed by atoms with E-state index in [1.54, 1.807) is 0 Å². The second-order valence-corrected chi connectivity index (χ2v) is 5.05. The Bertz CT molecular complexity index is 343. The van der Waals surface area contributed by atoms with Crippen molar-refractivity contribution >= 4 is 11.9 Å². The van der Waals surface area contributed by atoms with Crippen molar-refractivity contribution in [1.82, 2.24) is 0 Å². The quantitative estimate of drug-likeness (QED) is 0.653. The summed E-state index contributed by atoms with van der Waals surface area (Å²) in [5.41, 5.74) is 4.32. The van der Waals surface area contributed by atoms with Crippen molar-refractivity contribution in [3.63, 3.8) is 0 Å². The molecule has 0 radical (unpaired) electrons. The molecule has 2 aliphatic carbocycles. The molecule has 0 aromatic carbocycles. The van der Waals surface area contributed by atoms with Gasteiger partial charge in [-0.05, 0) is 30.6 Å². The summed E-state index contributed by atoms with van der Waals surface area (Å²) in [6.45, 7) is 2.02. The average molecular weight is 227 g/mol. The van der Waals surface area contributed by atoms with Crippen LogP contribution in [0.25, 0.3) is 0 Å². The zero-order chi connectivity index (χ0) is 12.1. The van der Waals surface area contributed by atoms with Gasteiger partial charge in [-0.3, -0.25) is 9.59 Å². The second-order valence-electron chi connectivity index (χ2n) is 5.05. The molecule has 0 aliphatic heterocycles. The number of hydrogen-bond donors (Lipinski definition) is 3. The molecule has 4 N–H and O–H groups in total. The molecule has 5 nitrogen and oxygen atoms in total. The number of hydrogen-bond acceptors (Lipinski definition) is 3. The normalized spacial score (nSPS) is 45.9. The van der Waals surface area contributed by atoms with Crippen LogP contribution in [0.1, 0.15) is 26.2 Å². The van der Waals surface area contributed by atoms with Crippen LogP contribution in [0.3, 0.4) is 0 Å². The lowest BCUT2D eigenvalue weighted by Gasteiger charge is -2.38. The lowest BCUT2D eigenvalue weighted by molar-refractivity contribution is -0.159. The van der Waals surface area contributed by atoms with Gasteiger partial charge < -0.3 is 15.9 Å². The van der Waals surface area contributed by atoms with Gasteiger partial charge in [0.05, 0.1) is 5.92 Å². The smallest absolute Gasteiger partial charge is 0.324 e. The van der Waals surface area contributed by atoms with Gasteiger partial charge in [-0.2, -0.15) is 0 Å². The lowest BCUT2D eigenvalue weighted by atomic mass is 9.68. The number of carbonyl (C=O) groups is 2. The minimum Gasteiger partial charge on any atom is -0.481 e. The van der Waals surface area contributed by atoms with Crippen molar-refractivity contribution in [2.75, 3.05) is 0 Å². The highest BCUT2D eigenvalue weighted by Gasteiger charge is 2.65. The van der Waals surface area contributed by atoms with Crippen LogP contribution in [0.4, 0.5) is 0 Å². The maximum Gasteiger partial charge on any atom is 0.324 e. The number of nitrogens with two attached hydrogens (primary N) is 1. The Morgan fingerprint density at radius 1 is 1.38 bits per heavy atom. The van der Waals surface area contributed by atoms with Gasteiger partial charge in [0, 0.05) is 0 Å². The summed E-state index contributed by atoms with van der Waals surface area (Å²) in [4.78, 5) is 22.5. The molecule has 5 heteroatoms. The second kappa shape index (κ2) is 3.45. The first-order valence-corrected chi connectivity index (χ1v) is 5.68. The highest BCUT2D eigenvalue weighted by Crippen LogP contribution is 2.57. The summed E-state index contributed by atoms with van der Waals surface area (Å²) in [6.07, 6.45) is 2.31. The highest BCUT2D eigenvalue weighted by molar-refractivity contribution is 5.88. The summed E-state index contributed by atoms with van der Waals surface area (Å²) in [5.74, 6) is -3.07. The van der Waals surface area contributed by atoms with Gasteiger partial charge in [0.1, 0.15) is 5.54 Å². The van der Waals surface area contributed by atoms with E-state index in [1.807, 2.05) is 6.92 Å². The Balaban J connectivity index is 2.37. The maximum absolute atomic E-state index is 11.2. The molecule has 0 amide bonds. The predicted molar refractivity (Wildman–Crippen MR) is 55.7 cm³/mol. The molecule has 2 saturated carbocycles. The van der Waals surface area contributed by atoms with Crippen LogP contribution in [0.15, 0.2) is 0 Å². The van der Waals surface area contributed by atoms with Gasteiger partial charge in [0.2, 0.25) is 0 Å². The van der Waals surface area contributed by atoms with Gasteiger partial charge in [-0.15, -0.1) is 0 Å². The first-order chi connectivity index (χ1) is 7.42. The lowest BCUT2D eigenvalue weighted by Crippen LogP contribution is -2.61. The molecule has 0 saturated heterocycles. The molecule has 0 heterocycles. The van der Waals surface area contributed by atoms with Gasteiger partial charge in [-0.1, -0.05) is 13.3 Å². The molecule has 2 bridgehead atoms. The molecule has 2 fully saturated rings. The third kappa shape index (κ3) is 1.21. The third-order valence-electron chi connectivity index (χ3n) is 4.53. The molecule has 2 aliphatic rings. The van der Waals surface area contributed by atoms with E-state index in [4.69, 9.17) is 5.73 Å². The summed E-state index contributed by atoms with van der Waals surface area (Å²) in [6, 6.07) is 0. The Hall–Kier alpha value is -1.10. The van der Waals surface area contributed by atoms with Crippen LogP contribution in [0.2, 0.25) is 0 Å². The topological polar surface area (TPSA) is 101 Å². The molecule has 0 unspecified atom stereocenters. The largest absolute Gasteiger partial charge is 0.481 e. The fraction of sp³-hybridized carbons (Fsp3) is 0.818. The van der Waals surface area contributed by atoms with Gasteiger partial charge >= 0.3 is 11.9 Å². The summed E-state index contributed by atoms with van der Waals surface area (Å²) >= 11 is 0. The van der Waals surface area contributed by atoms with Crippen LogP contribution in [0, 0.1) is 23.7 Å². The zero-order valence-corrected chi connectivity index (χ0v) is 9.22. The SMILES string of the molecule is CC[C@H]1C[C@H]2C[C@@H]1[C@@H](C(=O)O)[C@]2(N)C(=O)O. The number of carboxylic acid groups (broad SMARTS) is 2. The predicted octanol–water partition coefficient (Wildman–Crippen LogP) is 0.535. The Morgan fingerprint density at radius 2 is 2.00 bits per heavy atom. The van der Waals surface area contributed by atoms with Crippen molar-refractivity contribution in [2.24, 2.45) is 29.4 Å². The van der Waals surface area contributed by atoms with E-state index in [0.29, 0.717) is 12.3 Å². The van der Waals surface area contributed by atoms with E-state index in [2.05, 4.69) is 0 Å². The van der Waals surface area contributed by atoms with Crippen molar-refractivity contribution in [2.45, 2.75) is 31.7 Å². The molecule has 90 valence electrons. The fourth-order valence-corrected chi connectivity index (χ4v) is 3.73. The Kier molecular flexibility index (Phi) is 2.45. The number of rotatable bonds is 3. The minimum absolute atomic E-state index is 0.0615. The van der Waals surface area contributed by atoms with Crippen molar-refractivity contribution in [3.05, 3.63) is 0 Å². The van der Waals surface area contributed by atoms with E-state index in [1.165, 1.54) is 0 Å². The fourth-order valence-electron chi connectivity index (χ4n) is 3.73. The minimum atomic E-state index is -1.55. The first kappa shape index (κ1) is 11.4. The molecule has 0 spiro atoms. The monoisotopic (exact) mass is 227 g/mol. The van der Waals surface area contributed by atoms with Crippen LogP contribution < -0.4 is 5.73 Å².